The van der Waals surface area contributed by atoms with E-state index in [0.717, 1.165) is 24.2 Å². The van der Waals surface area contributed by atoms with Gasteiger partial charge < -0.3 is 14.4 Å². The summed E-state index contributed by atoms with van der Waals surface area (Å²) < 4.78 is 10.9. The van der Waals surface area contributed by atoms with Gasteiger partial charge in [0.25, 0.3) is 0 Å². The van der Waals surface area contributed by atoms with Gasteiger partial charge in [-0.05, 0) is 32.4 Å². The van der Waals surface area contributed by atoms with Gasteiger partial charge in [0.1, 0.15) is 0 Å². The van der Waals surface area contributed by atoms with Gasteiger partial charge in [-0.25, -0.2) is 0 Å². The van der Waals surface area contributed by atoms with Crippen molar-refractivity contribution in [2.75, 3.05) is 20.2 Å². The molecule has 0 radical (unpaired) electrons. The average Bonchev–Trinajstić information content (AvgIpc) is 3.32. The highest BCUT2D eigenvalue weighted by atomic mass is 16.5. The zero-order valence-electron chi connectivity index (χ0n) is 14.3. The van der Waals surface area contributed by atoms with Crippen molar-refractivity contribution in [1.82, 2.24) is 15.0 Å². The third-order valence-corrected chi connectivity index (χ3v) is 4.34. The number of ether oxygens (including phenoxy) is 1. The van der Waals surface area contributed by atoms with Crippen LogP contribution in [0, 0.1) is 0 Å². The van der Waals surface area contributed by atoms with Crippen LogP contribution < -0.4 is 0 Å². The molecule has 1 aliphatic carbocycles. The number of likely N-dealkylation sites (N-methyl/N-ethyl adjacent to an activating group) is 1. The van der Waals surface area contributed by atoms with E-state index in [4.69, 9.17) is 9.26 Å². The molecule has 6 nitrogen and oxygen atoms in total. The summed E-state index contributed by atoms with van der Waals surface area (Å²) in [5.74, 6) is 1.91. The molecule has 1 aromatic heterocycles. The van der Waals surface area contributed by atoms with Crippen LogP contribution in [0.4, 0.5) is 0 Å². The van der Waals surface area contributed by atoms with Crippen molar-refractivity contribution >= 4 is 0 Å². The van der Waals surface area contributed by atoms with Crippen molar-refractivity contribution in [3.63, 3.8) is 0 Å². The summed E-state index contributed by atoms with van der Waals surface area (Å²) in [6.07, 6.45) is 1.74. The van der Waals surface area contributed by atoms with Crippen LogP contribution in [0.1, 0.15) is 49.0 Å². The molecule has 0 aliphatic heterocycles. The Morgan fingerprint density at radius 3 is 2.79 bits per heavy atom. The third kappa shape index (κ3) is 4.63. The van der Waals surface area contributed by atoms with Gasteiger partial charge in [-0.2, -0.15) is 4.98 Å². The fourth-order valence-electron chi connectivity index (χ4n) is 2.54. The number of hydrogen-bond acceptors (Lipinski definition) is 6. The van der Waals surface area contributed by atoms with E-state index in [1.54, 1.807) is 0 Å². The molecule has 1 N–H and O–H groups in total. The van der Waals surface area contributed by atoms with Crippen molar-refractivity contribution in [1.29, 1.82) is 0 Å². The summed E-state index contributed by atoms with van der Waals surface area (Å²) in [6.45, 7) is 3.29. The minimum atomic E-state index is -0.563. The number of benzene rings is 1. The van der Waals surface area contributed by atoms with Crippen LogP contribution in [-0.4, -0.2) is 46.5 Å². The molecule has 2 atom stereocenters. The fourth-order valence-corrected chi connectivity index (χ4v) is 2.54. The molecule has 1 saturated carbocycles. The SMILES string of the molecule is C[C@H](c1nc(C2CC2)no1)N(C)C[C@H](O)COCc1ccccc1. The minimum Gasteiger partial charge on any atom is -0.389 e. The van der Waals surface area contributed by atoms with Gasteiger partial charge in [-0.15, -0.1) is 0 Å². The van der Waals surface area contributed by atoms with Crippen LogP contribution in [0.5, 0.6) is 0 Å². The van der Waals surface area contributed by atoms with E-state index in [1.807, 2.05) is 49.2 Å². The monoisotopic (exact) mass is 331 g/mol. The van der Waals surface area contributed by atoms with E-state index in [9.17, 15) is 5.11 Å². The maximum atomic E-state index is 10.2. The molecule has 2 aromatic rings. The highest BCUT2D eigenvalue weighted by Crippen LogP contribution is 2.38. The van der Waals surface area contributed by atoms with Gasteiger partial charge in [-0.3, -0.25) is 4.90 Å². The Morgan fingerprint density at radius 2 is 2.08 bits per heavy atom. The summed E-state index contributed by atoms with van der Waals surface area (Å²) in [4.78, 5) is 6.47. The van der Waals surface area contributed by atoms with Gasteiger partial charge in [0.15, 0.2) is 5.82 Å². The number of aliphatic hydroxyl groups excluding tert-OH is 1. The minimum absolute atomic E-state index is 0.0335. The molecule has 1 heterocycles. The number of hydrogen-bond donors (Lipinski definition) is 1. The van der Waals surface area contributed by atoms with Crippen molar-refractivity contribution < 1.29 is 14.4 Å². The quantitative estimate of drug-likeness (QED) is 0.761. The second kappa shape index (κ2) is 7.88. The van der Waals surface area contributed by atoms with Crippen molar-refractivity contribution in [3.8, 4) is 0 Å². The molecular formula is C18H25N3O3. The standard InChI is InChI=1S/C18H25N3O3/c1-13(18-19-17(20-24-18)15-8-9-15)21(2)10-16(22)12-23-11-14-6-4-3-5-7-14/h3-7,13,15-16,22H,8-12H2,1-2H3/t13-,16+/m1/s1. The molecule has 3 rings (SSSR count). The van der Waals surface area contributed by atoms with Crippen molar-refractivity contribution in [3.05, 3.63) is 47.6 Å². The lowest BCUT2D eigenvalue weighted by atomic mass is 10.2. The van der Waals surface area contributed by atoms with E-state index < -0.39 is 6.10 Å². The maximum Gasteiger partial charge on any atom is 0.243 e. The summed E-state index contributed by atoms with van der Waals surface area (Å²) in [5, 5.41) is 14.2. The number of rotatable bonds is 9. The first kappa shape index (κ1) is 17.1. The first-order valence-electron chi connectivity index (χ1n) is 8.47. The van der Waals surface area contributed by atoms with Crippen LogP contribution in [0.15, 0.2) is 34.9 Å². The first-order chi connectivity index (χ1) is 11.6. The molecular weight excluding hydrogens is 306 g/mol. The molecule has 1 aromatic carbocycles. The molecule has 130 valence electrons. The summed E-state index contributed by atoms with van der Waals surface area (Å²) in [5.41, 5.74) is 1.10. The van der Waals surface area contributed by atoms with E-state index in [2.05, 4.69) is 10.1 Å². The zero-order valence-corrected chi connectivity index (χ0v) is 14.3. The molecule has 1 aliphatic rings. The Kier molecular flexibility index (Phi) is 5.60. The molecule has 0 saturated heterocycles. The molecule has 6 heteroatoms. The average molecular weight is 331 g/mol. The Bertz CT molecular complexity index is 627. The Balaban J connectivity index is 1.41. The number of nitrogens with zero attached hydrogens (tertiary/aromatic N) is 3. The summed E-state index contributed by atoms with van der Waals surface area (Å²) >= 11 is 0. The van der Waals surface area contributed by atoms with E-state index in [1.165, 1.54) is 0 Å². The zero-order chi connectivity index (χ0) is 16.9. The summed E-state index contributed by atoms with van der Waals surface area (Å²) in [7, 11) is 1.94. The van der Waals surface area contributed by atoms with Crippen LogP contribution in [0.25, 0.3) is 0 Å². The highest BCUT2D eigenvalue weighted by molar-refractivity contribution is 5.13. The Hall–Kier alpha value is -1.76. The predicted molar refractivity (Wildman–Crippen MR) is 89.4 cm³/mol. The molecule has 1 fully saturated rings. The molecule has 0 unspecified atom stereocenters. The highest BCUT2D eigenvalue weighted by Gasteiger charge is 2.30. The van der Waals surface area contributed by atoms with Gasteiger partial charge in [0.2, 0.25) is 5.89 Å². The second-order valence-electron chi connectivity index (χ2n) is 6.54. The maximum absolute atomic E-state index is 10.2. The van der Waals surface area contributed by atoms with Crippen molar-refractivity contribution in [2.24, 2.45) is 0 Å². The lowest BCUT2D eigenvalue weighted by Gasteiger charge is -2.24. The molecule has 24 heavy (non-hydrogen) atoms. The van der Waals surface area contributed by atoms with Gasteiger partial charge in [-0.1, -0.05) is 35.5 Å². The Morgan fingerprint density at radius 1 is 1.33 bits per heavy atom. The normalized spacial score (nSPS) is 17.2. The summed E-state index contributed by atoms with van der Waals surface area (Å²) in [6, 6.07) is 9.91. The van der Waals surface area contributed by atoms with Crippen molar-refractivity contribution in [2.45, 2.75) is 44.4 Å². The predicted octanol–water partition coefficient (Wildman–Crippen LogP) is 2.52. The van der Waals surface area contributed by atoms with Crippen LogP contribution in [0.2, 0.25) is 0 Å². The van der Waals surface area contributed by atoms with Crippen LogP contribution in [0.3, 0.4) is 0 Å². The fraction of sp³-hybridized carbons (Fsp3) is 0.556. The first-order valence-corrected chi connectivity index (χ1v) is 8.47. The largest absolute Gasteiger partial charge is 0.389 e. The van der Waals surface area contributed by atoms with Gasteiger partial charge in [0, 0.05) is 12.5 Å². The topological polar surface area (TPSA) is 71.6 Å². The lowest BCUT2D eigenvalue weighted by Crippen LogP contribution is -2.34. The molecule has 0 amide bonds. The lowest BCUT2D eigenvalue weighted by molar-refractivity contribution is 0.00653. The Labute approximate surface area is 142 Å². The van der Waals surface area contributed by atoms with E-state index in [0.29, 0.717) is 31.6 Å². The number of aromatic nitrogens is 2. The van der Waals surface area contributed by atoms with E-state index >= 15 is 0 Å². The second-order valence-corrected chi connectivity index (χ2v) is 6.54. The smallest absolute Gasteiger partial charge is 0.243 e. The van der Waals surface area contributed by atoms with Crippen LogP contribution >= 0.6 is 0 Å². The van der Waals surface area contributed by atoms with Gasteiger partial charge in [0.05, 0.1) is 25.4 Å². The molecule has 0 bridgehead atoms. The van der Waals surface area contributed by atoms with E-state index in [-0.39, 0.29) is 6.04 Å². The third-order valence-electron chi connectivity index (χ3n) is 4.34. The number of aliphatic hydroxyl groups is 1. The van der Waals surface area contributed by atoms with Gasteiger partial charge >= 0.3 is 0 Å². The van der Waals surface area contributed by atoms with Crippen LogP contribution in [-0.2, 0) is 11.3 Å². The molecule has 0 spiro atoms.